The molecule has 6 nitrogen and oxygen atoms in total. The Morgan fingerprint density at radius 1 is 1.45 bits per heavy atom. The smallest absolute Gasteiger partial charge is 0.328 e. The Labute approximate surface area is 128 Å². The van der Waals surface area contributed by atoms with E-state index in [2.05, 4.69) is 11.3 Å². The lowest BCUT2D eigenvalue weighted by atomic mass is 9.99. The van der Waals surface area contributed by atoms with Crippen LogP contribution in [0.4, 0.5) is 0 Å². The van der Waals surface area contributed by atoms with Gasteiger partial charge < -0.3 is 19.5 Å². The van der Waals surface area contributed by atoms with E-state index in [9.17, 15) is 14.7 Å². The highest BCUT2D eigenvalue weighted by Crippen LogP contribution is 2.33. The number of allylic oxidation sites excluding steroid dienone is 1. The minimum Gasteiger partial charge on any atom is -0.504 e. The molecule has 0 radical (unpaired) electrons. The number of hydrogen-bond donors (Lipinski definition) is 1. The minimum absolute atomic E-state index is 0.00734. The molecular formula is C16H19NO5. The molecule has 118 valence electrons. The third kappa shape index (κ3) is 2.77. The molecule has 1 aromatic rings. The Kier molecular flexibility index (Phi) is 4.70. The van der Waals surface area contributed by atoms with Crippen molar-refractivity contribution in [1.29, 1.82) is 0 Å². The zero-order chi connectivity index (χ0) is 16.3. The van der Waals surface area contributed by atoms with Gasteiger partial charge in [0.1, 0.15) is 6.04 Å². The number of aromatic hydroxyl groups is 1. The summed E-state index contributed by atoms with van der Waals surface area (Å²) < 4.78 is 9.79. The predicted molar refractivity (Wildman–Crippen MR) is 80.0 cm³/mol. The van der Waals surface area contributed by atoms with Crippen LogP contribution in [-0.4, -0.2) is 48.7 Å². The molecule has 1 saturated heterocycles. The largest absolute Gasteiger partial charge is 0.504 e. The number of carbonyl (C=O) groups excluding carboxylic acids is 2. The second-order valence-corrected chi connectivity index (χ2v) is 5.01. The van der Waals surface area contributed by atoms with Gasteiger partial charge in [0.2, 0.25) is 0 Å². The van der Waals surface area contributed by atoms with Crippen molar-refractivity contribution in [2.45, 2.75) is 18.9 Å². The number of benzene rings is 1. The molecule has 0 bridgehead atoms. The van der Waals surface area contributed by atoms with Gasteiger partial charge in [0.15, 0.2) is 11.5 Å². The van der Waals surface area contributed by atoms with Gasteiger partial charge in [-0.2, -0.15) is 0 Å². The minimum atomic E-state index is -0.542. The lowest BCUT2D eigenvalue weighted by Gasteiger charge is -2.38. The van der Waals surface area contributed by atoms with Crippen molar-refractivity contribution < 1.29 is 24.2 Å². The van der Waals surface area contributed by atoms with Gasteiger partial charge >= 0.3 is 5.97 Å². The van der Waals surface area contributed by atoms with Crippen LogP contribution >= 0.6 is 0 Å². The summed E-state index contributed by atoms with van der Waals surface area (Å²) in [6.07, 6.45) is 2.63. The van der Waals surface area contributed by atoms with E-state index in [4.69, 9.17) is 4.74 Å². The summed E-state index contributed by atoms with van der Waals surface area (Å²) in [7, 11) is 2.72. The molecule has 0 spiro atoms. The number of nitrogens with zero attached hydrogens (tertiary/aromatic N) is 1. The van der Waals surface area contributed by atoms with Gasteiger partial charge in [-0.25, -0.2) is 4.79 Å². The summed E-state index contributed by atoms with van der Waals surface area (Å²) >= 11 is 0. The number of hydrogen-bond acceptors (Lipinski definition) is 5. The Balaban J connectivity index is 2.31. The molecule has 0 saturated carbocycles. The van der Waals surface area contributed by atoms with E-state index in [0.717, 1.165) is 0 Å². The molecular weight excluding hydrogens is 286 g/mol. The zero-order valence-electron chi connectivity index (χ0n) is 12.7. The lowest BCUT2D eigenvalue weighted by molar-refractivity contribution is -0.149. The summed E-state index contributed by atoms with van der Waals surface area (Å²) in [4.78, 5) is 25.6. The highest BCUT2D eigenvalue weighted by molar-refractivity contribution is 5.98. The first-order valence-corrected chi connectivity index (χ1v) is 6.93. The summed E-state index contributed by atoms with van der Waals surface area (Å²) in [6.45, 7) is 4.13. The first-order valence-electron chi connectivity index (χ1n) is 6.93. The van der Waals surface area contributed by atoms with E-state index >= 15 is 0 Å². The molecule has 0 aliphatic carbocycles. The van der Waals surface area contributed by atoms with Crippen LogP contribution in [0.15, 0.2) is 24.8 Å². The standard InChI is InChI=1S/C16H19NO5/c1-4-5-10-8-11(9-13(21-2)14(10)18)15(19)17-7-6-12(17)16(20)22-3/h4,8-9,12,18H,1,5-7H2,2-3H3. The number of carbonyl (C=O) groups is 2. The van der Waals surface area contributed by atoms with E-state index in [1.54, 1.807) is 12.1 Å². The third-order valence-corrected chi connectivity index (χ3v) is 3.74. The van der Waals surface area contributed by atoms with Crippen LogP contribution in [0.25, 0.3) is 0 Å². The predicted octanol–water partition coefficient (Wildman–Crippen LogP) is 1.52. The first-order chi connectivity index (χ1) is 10.5. The number of methoxy groups -OCH3 is 2. The first kappa shape index (κ1) is 15.9. The van der Waals surface area contributed by atoms with Crippen LogP contribution in [0.1, 0.15) is 22.3 Å². The third-order valence-electron chi connectivity index (χ3n) is 3.74. The van der Waals surface area contributed by atoms with Crippen LogP contribution in [0.3, 0.4) is 0 Å². The molecule has 2 rings (SSSR count). The van der Waals surface area contributed by atoms with Gasteiger partial charge in [0.05, 0.1) is 14.2 Å². The topological polar surface area (TPSA) is 76.1 Å². The number of ether oxygens (including phenoxy) is 2. The molecule has 1 aromatic carbocycles. The fourth-order valence-corrected chi connectivity index (χ4v) is 2.43. The summed E-state index contributed by atoms with van der Waals surface area (Å²) in [5, 5.41) is 10.0. The Hall–Kier alpha value is -2.50. The number of rotatable bonds is 5. The fraction of sp³-hybridized carbons (Fsp3) is 0.375. The number of likely N-dealkylation sites (tertiary alicyclic amines) is 1. The molecule has 1 amide bonds. The van der Waals surface area contributed by atoms with Crippen molar-refractivity contribution in [2.75, 3.05) is 20.8 Å². The molecule has 1 aliphatic rings. The van der Waals surface area contributed by atoms with Gasteiger partial charge in [0, 0.05) is 17.7 Å². The fourth-order valence-electron chi connectivity index (χ4n) is 2.43. The van der Waals surface area contributed by atoms with Crippen LogP contribution in [-0.2, 0) is 16.0 Å². The molecule has 1 N–H and O–H groups in total. The maximum atomic E-state index is 12.5. The van der Waals surface area contributed by atoms with Crippen LogP contribution in [0.5, 0.6) is 11.5 Å². The van der Waals surface area contributed by atoms with Crippen molar-refractivity contribution in [3.05, 3.63) is 35.9 Å². The van der Waals surface area contributed by atoms with Crippen molar-refractivity contribution in [1.82, 2.24) is 4.90 Å². The highest BCUT2D eigenvalue weighted by Gasteiger charge is 2.39. The van der Waals surface area contributed by atoms with Crippen LogP contribution in [0, 0.1) is 0 Å². The Morgan fingerprint density at radius 2 is 2.18 bits per heavy atom. The van der Waals surface area contributed by atoms with Gasteiger partial charge in [-0.1, -0.05) is 6.08 Å². The maximum absolute atomic E-state index is 12.5. The molecule has 1 aliphatic heterocycles. The molecule has 1 fully saturated rings. The summed E-state index contributed by atoms with van der Waals surface area (Å²) in [5.74, 6) is -0.494. The van der Waals surface area contributed by atoms with Gasteiger partial charge in [-0.3, -0.25) is 4.79 Å². The highest BCUT2D eigenvalue weighted by atomic mass is 16.5. The SMILES string of the molecule is C=CCc1cc(C(=O)N2CCC2C(=O)OC)cc(OC)c1O. The van der Waals surface area contributed by atoms with Gasteiger partial charge in [0.25, 0.3) is 5.91 Å². The van der Waals surface area contributed by atoms with Crippen molar-refractivity contribution >= 4 is 11.9 Å². The second-order valence-electron chi connectivity index (χ2n) is 5.01. The number of amides is 1. The van der Waals surface area contributed by atoms with Crippen LogP contribution in [0.2, 0.25) is 0 Å². The van der Waals surface area contributed by atoms with E-state index in [1.165, 1.54) is 25.2 Å². The zero-order valence-corrected chi connectivity index (χ0v) is 12.7. The van der Waals surface area contributed by atoms with Gasteiger partial charge in [-0.15, -0.1) is 6.58 Å². The number of esters is 1. The Morgan fingerprint density at radius 3 is 2.68 bits per heavy atom. The molecule has 1 unspecified atom stereocenters. The molecule has 1 atom stereocenters. The molecule has 0 aromatic heterocycles. The van der Waals surface area contributed by atoms with E-state index in [-0.39, 0.29) is 17.4 Å². The van der Waals surface area contributed by atoms with E-state index in [0.29, 0.717) is 30.5 Å². The lowest BCUT2D eigenvalue weighted by Crippen LogP contribution is -2.55. The second kappa shape index (κ2) is 6.51. The van der Waals surface area contributed by atoms with E-state index in [1.807, 2.05) is 0 Å². The average Bonchev–Trinajstić information content (AvgIpc) is 2.48. The molecule has 1 heterocycles. The molecule has 22 heavy (non-hydrogen) atoms. The van der Waals surface area contributed by atoms with Gasteiger partial charge in [-0.05, 0) is 25.0 Å². The van der Waals surface area contributed by atoms with Crippen molar-refractivity contribution in [2.24, 2.45) is 0 Å². The number of phenolic OH excluding ortho intramolecular Hbond substituents is 1. The molecule has 6 heteroatoms. The maximum Gasteiger partial charge on any atom is 0.328 e. The van der Waals surface area contributed by atoms with Crippen molar-refractivity contribution in [3.8, 4) is 11.5 Å². The normalized spacial score (nSPS) is 16.6. The van der Waals surface area contributed by atoms with Crippen LogP contribution < -0.4 is 4.74 Å². The quantitative estimate of drug-likeness (QED) is 0.659. The van der Waals surface area contributed by atoms with Crippen molar-refractivity contribution in [3.63, 3.8) is 0 Å². The van der Waals surface area contributed by atoms with E-state index < -0.39 is 12.0 Å². The number of phenols is 1. The summed E-state index contributed by atoms with van der Waals surface area (Å²) in [6, 6.07) is 2.52. The average molecular weight is 305 g/mol. The summed E-state index contributed by atoms with van der Waals surface area (Å²) in [5.41, 5.74) is 0.910. The monoisotopic (exact) mass is 305 g/mol. The Bertz CT molecular complexity index is 611.